The molecule has 0 radical (unpaired) electrons. The number of thiazole rings is 1. The molecule has 0 aliphatic rings. The highest BCUT2D eigenvalue weighted by atomic mass is 35.5. The summed E-state index contributed by atoms with van der Waals surface area (Å²) in [4.78, 5) is 16.7. The number of methoxy groups -OCH3 is 1. The molecule has 30 heavy (non-hydrogen) atoms. The van der Waals surface area contributed by atoms with E-state index < -0.39 is 11.9 Å². The number of amides is 1. The predicted octanol–water partition coefficient (Wildman–Crippen LogP) is 5.63. The quantitative estimate of drug-likeness (QED) is 0.414. The number of carbonyl (C=O) groups is 1. The van der Waals surface area contributed by atoms with Gasteiger partial charge in [-0.15, -0.1) is 11.3 Å². The number of benzene rings is 2. The molecule has 2 aromatic carbocycles. The average molecular weight is 452 g/mol. The molecule has 0 aliphatic carbocycles. The molecule has 0 unspecified atom stereocenters. The van der Waals surface area contributed by atoms with Crippen molar-refractivity contribution < 1.29 is 18.3 Å². The van der Waals surface area contributed by atoms with Crippen LogP contribution in [0.3, 0.4) is 0 Å². The Labute approximate surface area is 182 Å². The van der Waals surface area contributed by atoms with Crippen molar-refractivity contribution in [3.8, 4) is 17.0 Å². The maximum atomic E-state index is 12.7. The molecule has 158 valence electrons. The number of nitrogens with one attached hydrogen (secondary N) is 2. The van der Waals surface area contributed by atoms with Crippen molar-refractivity contribution in [3.63, 3.8) is 0 Å². The number of rotatable bonds is 9. The van der Waals surface area contributed by atoms with Crippen LogP contribution in [-0.2, 0) is 11.2 Å². The van der Waals surface area contributed by atoms with Crippen molar-refractivity contribution in [3.05, 3.63) is 59.5 Å². The summed E-state index contributed by atoms with van der Waals surface area (Å²) in [7, 11) is 1.61. The van der Waals surface area contributed by atoms with Gasteiger partial charge in [0.25, 0.3) is 0 Å². The zero-order chi connectivity index (χ0) is 21.6. The molecule has 1 aromatic heterocycles. The van der Waals surface area contributed by atoms with Crippen LogP contribution in [0.1, 0.15) is 12.0 Å². The lowest BCUT2D eigenvalue weighted by molar-refractivity contribution is -0.116. The van der Waals surface area contributed by atoms with Crippen LogP contribution in [0.5, 0.6) is 5.75 Å². The maximum Gasteiger partial charge on any atom is 0.338 e. The van der Waals surface area contributed by atoms with Crippen molar-refractivity contribution in [2.75, 3.05) is 24.3 Å². The minimum atomic E-state index is -3.29. The van der Waals surface area contributed by atoms with Gasteiger partial charge < -0.3 is 15.4 Å². The zero-order valence-electron chi connectivity index (χ0n) is 16.1. The Hall–Kier alpha value is -2.71. The molecule has 0 aliphatic heterocycles. The van der Waals surface area contributed by atoms with Crippen LogP contribution in [0.15, 0.2) is 53.9 Å². The number of carbonyl (C=O) groups excluding carboxylic acids is 1. The number of nitrogens with zero attached hydrogens (tertiary/aromatic N) is 1. The lowest BCUT2D eigenvalue weighted by atomic mass is 10.1. The summed E-state index contributed by atoms with van der Waals surface area (Å²) in [6.07, 6.45) is 0.804. The highest BCUT2D eigenvalue weighted by molar-refractivity contribution is 7.14. The SMILES string of the molecule is COc1ccc(-c2csc(NC(=O)CCc3ccc(NCC(F)(F)Cl)cc3)n2)cc1. The van der Waals surface area contributed by atoms with E-state index in [2.05, 4.69) is 15.6 Å². The standard InChI is InChI=1S/C21H20ClF2N3O2S/c1-29-17-9-5-15(6-10-17)18-12-30-20(26-18)27-19(28)11-4-14-2-7-16(8-3-14)25-13-21(22,23)24/h2-3,5-10,12,25H,4,11,13H2,1H3,(H,26,27,28). The number of aromatic nitrogens is 1. The highest BCUT2D eigenvalue weighted by Gasteiger charge is 2.23. The fourth-order valence-corrected chi connectivity index (χ4v) is 3.46. The van der Waals surface area contributed by atoms with E-state index in [1.54, 1.807) is 31.4 Å². The molecule has 1 amide bonds. The number of anilines is 2. The number of aryl methyl sites for hydroxylation is 1. The van der Waals surface area contributed by atoms with E-state index in [9.17, 15) is 13.6 Å². The fraction of sp³-hybridized carbons (Fsp3) is 0.238. The zero-order valence-corrected chi connectivity index (χ0v) is 17.7. The molecule has 0 spiro atoms. The van der Waals surface area contributed by atoms with Crippen LogP contribution >= 0.6 is 22.9 Å². The first-order chi connectivity index (χ1) is 14.3. The summed E-state index contributed by atoms with van der Waals surface area (Å²) >= 11 is 6.22. The van der Waals surface area contributed by atoms with E-state index in [1.165, 1.54) is 11.3 Å². The first-order valence-electron chi connectivity index (χ1n) is 9.12. The Bertz CT molecular complexity index is 973. The van der Waals surface area contributed by atoms with Crippen LogP contribution in [0.25, 0.3) is 11.3 Å². The summed E-state index contributed by atoms with van der Waals surface area (Å²) in [6, 6.07) is 14.5. The van der Waals surface area contributed by atoms with Crippen molar-refractivity contribution >= 4 is 39.7 Å². The van der Waals surface area contributed by atoms with Crippen LogP contribution in [0.4, 0.5) is 19.6 Å². The van der Waals surface area contributed by atoms with Crippen LogP contribution < -0.4 is 15.4 Å². The van der Waals surface area contributed by atoms with Crippen molar-refractivity contribution in [2.45, 2.75) is 18.2 Å². The second kappa shape index (κ2) is 9.86. The molecule has 0 fully saturated rings. The topological polar surface area (TPSA) is 63.2 Å². The van der Waals surface area contributed by atoms with Crippen molar-refractivity contribution in [1.82, 2.24) is 4.98 Å². The number of hydrogen-bond donors (Lipinski definition) is 2. The van der Waals surface area contributed by atoms with Gasteiger partial charge in [-0.25, -0.2) is 4.98 Å². The van der Waals surface area contributed by atoms with Gasteiger partial charge in [0, 0.05) is 23.1 Å². The van der Waals surface area contributed by atoms with Gasteiger partial charge in [0.15, 0.2) is 5.13 Å². The van der Waals surface area contributed by atoms with Gasteiger partial charge in [0.1, 0.15) is 5.75 Å². The Morgan fingerprint density at radius 3 is 2.50 bits per heavy atom. The van der Waals surface area contributed by atoms with E-state index in [0.29, 0.717) is 17.2 Å². The predicted molar refractivity (Wildman–Crippen MR) is 117 cm³/mol. The van der Waals surface area contributed by atoms with Gasteiger partial charge in [0.05, 0.1) is 19.3 Å². The Balaban J connectivity index is 1.48. The molecule has 0 saturated carbocycles. The Kier molecular flexibility index (Phi) is 7.23. The van der Waals surface area contributed by atoms with Gasteiger partial charge in [-0.05, 0) is 60.0 Å². The first kappa shape index (κ1) is 22.0. The largest absolute Gasteiger partial charge is 0.497 e. The monoisotopic (exact) mass is 451 g/mol. The Morgan fingerprint density at radius 1 is 1.17 bits per heavy atom. The van der Waals surface area contributed by atoms with Gasteiger partial charge in [0.2, 0.25) is 5.91 Å². The minimum absolute atomic E-state index is 0.144. The van der Waals surface area contributed by atoms with E-state index in [4.69, 9.17) is 16.3 Å². The third-order valence-electron chi connectivity index (χ3n) is 4.22. The van der Waals surface area contributed by atoms with Gasteiger partial charge >= 0.3 is 5.38 Å². The second-order valence-corrected chi connectivity index (χ2v) is 7.89. The number of hydrogen-bond acceptors (Lipinski definition) is 5. The van der Waals surface area contributed by atoms with Crippen LogP contribution in [-0.4, -0.2) is 29.9 Å². The average Bonchev–Trinajstić information content (AvgIpc) is 3.19. The molecule has 2 N–H and O–H groups in total. The molecule has 3 rings (SSSR count). The van der Waals surface area contributed by atoms with Crippen molar-refractivity contribution in [1.29, 1.82) is 0 Å². The van der Waals surface area contributed by atoms with E-state index in [1.807, 2.05) is 29.6 Å². The maximum absolute atomic E-state index is 12.7. The summed E-state index contributed by atoms with van der Waals surface area (Å²) < 4.78 is 30.5. The molecular formula is C21H20ClF2N3O2S. The lowest BCUT2D eigenvalue weighted by Crippen LogP contribution is -2.20. The molecule has 9 heteroatoms. The first-order valence-corrected chi connectivity index (χ1v) is 10.4. The van der Waals surface area contributed by atoms with E-state index >= 15 is 0 Å². The molecule has 0 bridgehead atoms. The summed E-state index contributed by atoms with van der Waals surface area (Å²) in [5, 5.41) is 4.49. The third kappa shape index (κ3) is 6.67. The summed E-state index contributed by atoms with van der Waals surface area (Å²) in [6.45, 7) is -0.650. The molecular weight excluding hydrogens is 432 g/mol. The lowest BCUT2D eigenvalue weighted by Gasteiger charge is -2.11. The molecule has 0 saturated heterocycles. The van der Waals surface area contributed by atoms with Crippen LogP contribution in [0, 0.1) is 0 Å². The number of alkyl halides is 3. The van der Waals surface area contributed by atoms with Gasteiger partial charge in [-0.3, -0.25) is 4.79 Å². The van der Waals surface area contributed by atoms with Gasteiger partial charge in [-0.1, -0.05) is 12.1 Å². The van der Waals surface area contributed by atoms with Crippen LogP contribution in [0.2, 0.25) is 0 Å². The van der Waals surface area contributed by atoms with E-state index in [-0.39, 0.29) is 12.3 Å². The molecule has 3 aromatic rings. The number of ether oxygens (including phenoxy) is 1. The number of halogens is 3. The fourth-order valence-electron chi connectivity index (χ4n) is 2.66. The van der Waals surface area contributed by atoms with Gasteiger partial charge in [-0.2, -0.15) is 8.78 Å². The second-order valence-electron chi connectivity index (χ2n) is 6.48. The summed E-state index contributed by atoms with van der Waals surface area (Å²) in [5.41, 5.74) is 3.18. The summed E-state index contributed by atoms with van der Waals surface area (Å²) in [5.74, 6) is 0.623. The molecule has 1 heterocycles. The van der Waals surface area contributed by atoms with E-state index in [0.717, 1.165) is 22.6 Å². The molecule has 5 nitrogen and oxygen atoms in total. The third-order valence-corrected chi connectivity index (χ3v) is 5.12. The highest BCUT2D eigenvalue weighted by Crippen LogP contribution is 2.26. The normalized spacial score (nSPS) is 11.2. The molecule has 0 atom stereocenters. The Morgan fingerprint density at radius 2 is 1.87 bits per heavy atom. The van der Waals surface area contributed by atoms with Crippen molar-refractivity contribution in [2.24, 2.45) is 0 Å². The minimum Gasteiger partial charge on any atom is -0.497 e. The smallest absolute Gasteiger partial charge is 0.338 e.